The van der Waals surface area contributed by atoms with Crippen molar-refractivity contribution in [2.75, 3.05) is 7.11 Å². The molecule has 0 saturated heterocycles. The van der Waals surface area contributed by atoms with Crippen molar-refractivity contribution in [2.24, 2.45) is 0 Å². The first-order valence-corrected chi connectivity index (χ1v) is 8.73. The summed E-state index contributed by atoms with van der Waals surface area (Å²) < 4.78 is 47.3. The first-order valence-electron chi connectivity index (χ1n) is 8.73. The van der Waals surface area contributed by atoms with E-state index in [-0.39, 0.29) is 23.9 Å². The molecular weight excluding hydrogens is 363 g/mol. The minimum Gasteiger partial charge on any atom is -0.379 e. The summed E-state index contributed by atoms with van der Waals surface area (Å²) in [4.78, 5) is 15.8. The number of ether oxygens (including phenoxy) is 1. The van der Waals surface area contributed by atoms with Crippen LogP contribution >= 0.6 is 0 Å². The highest BCUT2D eigenvalue weighted by Gasteiger charge is 2.38. The van der Waals surface area contributed by atoms with Gasteiger partial charge in [-0.2, -0.15) is 18.2 Å². The fraction of sp³-hybridized carbons (Fsp3) is 0.500. The number of amides is 1. The van der Waals surface area contributed by atoms with Crippen molar-refractivity contribution in [3.63, 3.8) is 0 Å². The molecule has 1 aliphatic carbocycles. The molecule has 0 radical (unpaired) electrons. The zero-order chi connectivity index (χ0) is 19.4. The molecule has 2 atom stereocenters. The molecule has 1 aromatic heterocycles. The van der Waals surface area contributed by atoms with Gasteiger partial charge >= 0.3 is 12.1 Å². The van der Waals surface area contributed by atoms with Gasteiger partial charge in [0.15, 0.2) is 0 Å². The van der Waals surface area contributed by atoms with E-state index in [0.29, 0.717) is 11.1 Å². The topological polar surface area (TPSA) is 77.2 Å². The van der Waals surface area contributed by atoms with Gasteiger partial charge in [0.2, 0.25) is 5.82 Å². The van der Waals surface area contributed by atoms with Crippen LogP contribution in [0.1, 0.15) is 48.4 Å². The van der Waals surface area contributed by atoms with Crippen LogP contribution in [0, 0.1) is 0 Å². The van der Waals surface area contributed by atoms with Crippen LogP contribution in [0.2, 0.25) is 0 Å². The minimum absolute atomic E-state index is 0.0177. The van der Waals surface area contributed by atoms with Gasteiger partial charge in [0.1, 0.15) is 0 Å². The van der Waals surface area contributed by atoms with Crippen molar-refractivity contribution in [2.45, 2.75) is 50.4 Å². The van der Waals surface area contributed by atoms with Crippen LogP contribution < -0.4 is 5.32 Å². The molecule has 0 bridgehead atoms. The summed E-state index contributed by atoms with van der Waals surface area (Å²) in [6, 6.07) is 5.96. The van der Waals surface area contributed by atoms with Gasteiger partial charge < -0.3 is 14.6 Å². The Morgan fingerprint density at radius 3 is 2.52 bits per heavy atom. The second kappa shape index (κ2) is 8.08. The number of alkyl halides is 3. The van der Waals surface area contributed by atoms with Gasteiger partial charge in [-0.15, -0.1) is 0 Å². The maximum absolute atomic E-state index is 12.5. The van der Waals surface area contributed by atoms with E-state index in [1.54, 1.807) is 7.11 Å². The van der Waals surface area contributed by atoms with E-state index >= 15 is 0 Å². The lowest BCUT2D eigenvalue weighted by molar-refractivity contribution is -0.159. The van der Waals surface area contributed by atoms with E-state index in [2.05, 4.69) is 20.0 Å². The molecule has 0 aliphatic heterocycles. The number of nitrogens with one attached hydrogen (secondary N) is 1. The summed E-state index contributed by atoms with van der Waals surface area (Å²) in [5, 5.41) is 6.33. The Hall–Kier alpha value is -2.42. The first kappa shape index (κ1) is 19.3. The number of carbonyl (C=O) groups is 1. The van der Waals surface area contributed by atoms with E-state index in [1.165, 1.54) is 24.3 Å². The second-order valence-corrected chi connectivity index (χ2v) is 6.49. The molecule has 1 aromatic carbocycles. The first-order chi connectivity index (χ1) is 12.9. The number of carbonyl (C=O) groups excluding carboxylic acids is 1. The highest BCUT2D eigenvalue weighted by molar-refractivity contribution is 5.94. The maximum Gasteiger partial charge on any atom is 0.471 e. The maximum atomic E-state index is 12.5. The third-order valence-corrected chi connectivity index (χ3v) is 4.65. The van der Waals surface area contributed by atoms with Gasteiger partial charge in [0.05, 0.1) is 12.1 Å². The molecule has 146 valence electrons. The Bertz CT molecular complexity index is 774. The monoisotopic (exact) mass is 383 g/mol. The van der Waals surface area contributed by atoms with Crippen molar-refractivity contribution >= 4 is 5.91 Å². The summed E-state index contributed by atoms with van der Waals surface area (Å²) in [7, 11) is 1.64. The molecular formula is C18H20F3N3O3. The molecule has 3 rings (SSSR count). The van der Waals surface area contributed by atoms with Gasteiger partial charge in [0, 0.05) is 18.2 Å². The van der Waals surface area contributed by atoms with Crippen LogP contribution in [0.25, 0.3) is 11.4 Å². The van der Waals surface area contributed by atoms with Gasteiger partial charge in [0.25, 0.3) is 5.91 Å². The Labute approximate surface area is 154 Å². The number of halogens is 3. The number of methoxy groups -OCH3 is 1. The molecule has 0 spiro atoms. The summed E-state index contributed by atoms with van der Waals surface area (Å²) in [5.74, 6) is -1.84. The Morgan fingerprint density at radius 1 is 1.19 bits per heavy atom. The quantitative estimate of drug-likeness (QED) is 0.812. The zero-order valence-electron chi connectivity index (χ0n) is 14.8. The largest absolute Gasteiger partial charge is 0.471 e. The Kier molecular flexibility index (Phi) is 5.79. The molecule has 27 heavy (non-hydrogen) atoms. The SMILES string of the molecule is CO[C@H]1CCCCC[C@H]1NC(=O)c1ccc(-c2noc(C(F)(F)F)n2)cc1. The highest BCUT2D eigenvalue weighted by atomic mass is 19.4. The van der Waals surface area contributed by atoms with E-state index in [9.17, 15) is 18.0 Å². The van der Waals surface area contributed by atoms with Gasteiger partial charge in [-0.25, -0.2) is 0 Å². The van der Waals surface area contributed by atoms with E-state index in [4.69, 9.17) is 4.74 Å². The molecule has 1 N–H and O–H groups in total. The van der Waals surface area contributed by atoms with Crippen LogP contribution in [-0.2, 0) is 10.9 Å². The predicted molar refractivity (Wildman–Crippen MR) is 89.9 cm³/mol. The molecule has 1 aliphatic rings. The average molecular weight is 383 g/mol. The second-order valence-electron chi connectivity index (χ2n) is 6.49. The average Bonchev–Trinajstić information content (AvgIpc) is 3.05. The van der Waals surface area contributed by atoms with E-state index in [0.717, 1.165) is 32.1 Å². The standard InChI is InChI=1S/C18H20F3N3O3/c1-26-14-6-4-2-3-5-13(14)22-16(25)12-9-7-11(8-10-12)15-23-17(27-24-15)18(19,20)21/h7-10,13-14H,2-6H2,1H3,(H,22,25)/t13-,14+/m1/s1. The molecule has 1 heterocycles. The molecule has 1 saturated carbocycles. The molecule has 2 aromatic rings. The highest BCUT2D eigenvalue weighted by Crippen LogP contribution is 2.29. The minimum atomic E-state index is -4.69. The molecule has 9 heteroatoms. The van der Waals surface area contributed by atoms with Gasteiger partial charge in [-0.3, -0.25) is 4.79 Å². The Balaban J connectivity index is 1.69. The number of nitrogens with zero attached hydrogens (tertiary/aromatic N) is 2. The summed E-state index contributed by atoms with van der Waals surface area (Å²) in [6.45, 7) is 0. The predicted octanol–water partition coefficient (Wildman–Crippen LogP) is 3.83. The van der Waals surface area contributed by atoms with Crippen molar-refractivity contribution in [3.8, 4) is 11.4 Å². The number of benzene rings is 1. The van der Waals surface area contributed by atoms with Crippen molar-refractivity contribution in [1.29, 1.82) is 0 Å². The van der Waals surface area contributed by atoms with Crippen LogP contribution in [0.4, 0.5) is 13.2 Å². The smallest absolute Gasteiger partial charge is 0.379 e. The third-order valence-electron chi connectivity index (χ3n) is 4.65. The lowest BCUT2D eigenvalue weighted by Crippen LogP contribution is -2.43. The van der Waals surface area contributed by atoms with Crippen molar-refractivity contribution in [1.82, 2.24) is 15.5 Å². The number of hydrogen-bond acceptors (Lipinski definition) is 5. The lowest BCUT2D eigenvalue weighted by atomic mass is 10.0. The van der Waals surface area contributed by atoms with Crippen LogP contribution in [0.15, 0.2) is 28.8 Å². The van der Waals surface area contributed by atoms with Crippen LogP contribution in [0.3, 0.4) is 0 Å². The number of hydrogen-bond donors (Lipinski definition) is 1. The van der Waals surface area contributed by atoms with Crippen LogP contribution in [-0.4, -0.2) is 35.3 Å². The molecule has 1 fully saturated rings. The van der Waals surface area contributed by atoms with Crippen LogP contribution in [0.5, 0.6) is 0 Å². The fourth-order valence-electron chi connectivity index (χ4n) is 3.20. The normalized spacial score (nSPS) is 20.9. The van der Waals surface area contributed by atoms with Crippen molar-refractivity contribution in [3.05, 3.63) is 35.7 Å². The lowest BCUT2D eigenvalue weighted by Gasteiger charge is -2.25. The summed E-state index contributed by atoms with van der Waals surface area (Å²) in [6.07, 6.45) is 0.266. The zero-order valence-corrected chi connectivity index (χ0v) is 14.8. The summed E-state index contributed by atoms with van der Waals surface area (Å²) in [5.41, 5.74) is 0.729. The third kappa shape index (κ3) is 4.65. The summed E-state index contributed by atoms with van der Waals surface area (Å²) >= 11 is 0. The number of rotatable bonds is 4. The van der Waals surface area contributed by atoms with Crippen molar-refractivity contribution < 1.29 is 27.2 Å². The van der Waals surface area contributed by atoms with E-state index in [1.807, 2.05) is 0 Å². The van der Waals surface area contributed by atoms with E-state index < -0.39 is 12.1 Å². The molecule has 1 amide bonds. The molecule has 6 nitrogen and oxygen atoms in total. The van der Waals surface area contributed by atoms with Gasteiger partial charge in [-0.1, -0.05) is 36.6 Å². The fourth-order valence-corrected chi connectivity index (χ4v) is 3.20. The Morgan fingerprint density at radius 2 is 1.89 bits per heavy atom. The van der Waals surface area contributed by atoms with Gasteiger partial charge in [-0.05, 0) is 25.0 Å². The molecule has 0 unspecified atom stereocenters. The number of aromatic nitrogens is 2.